The summed E-state index contributed by atoms with van der Waals surface area (Å²) in [5.74, 6) is 0.334. The van der Waals surface area contributed by atoms with Gasteiger partial charge < -0.3 is 10.0 Å². The van der Waals surface area contributed by atoms with Gasteiger partial charge in [-0.25, -0.2) is 0 Å². The van der Waals surface area contributed by atoms with Gasteiger partial charge in [0.25, 0.3) is 0 Å². The van der Waals surface area contributed by atoms with Gasteiger partial charge in [0.2, 0.25) is 0 Å². The fourth-order valence-electron chi connectivity index (χ4n) is 2.16. The van der Waals surface area contributed by atoms with Gasteiger partial charge in [0.05, 0.1) is 0 Å². The molecular weight excluding hydrogens is 234 g/mol. The van der Waals surface area contributed by atoms with E-state index in [9.17, 15) is 5.11 Å². The second-order valence-corrected chi connectivity index (χ2v) is 4.78. The number of phenols is 1. The van der Waals surface area contributed by atoms with Gasteiger partial charge in [0.15, 0.2) is 0 Å². The molecule has 0 radical (unpaired) electrons. The molecule has 0 heterocycles. The van der Waals surface area contributed by atoms with Gasteiger partial charge in [0.1, 0.15) is 5.75 Å². The molecule has 2 nitrogen and oxygen atoms in total. The van der Waals surface area contributed by atoms with Gasteiger partial charge in [-0.2, -0.15) is 0 Å². The second kappa shape index (κ2) is 6.83. The van der Waals surface area contributed by atoms with E-state index in [2.05, 4.69) is 42.2 Å². The smallest absolute Gasteiger partial charge is 0.115 e. The molecule has 100 valence electrons. The summed E-state index contributed by atoms with van der Waals surface area (Å²) in [5.41, 5.74) is 2.37. The molecule has 2 rings (SSSR count). The lowest BCUT2D eigenvalue weighted by Gasteiger charge is -2.25. The maximum atomic E-state index is 9.55. The zero-order valence-electron chi connectivity index (χ0n) is 11.4. The summed E-state index contributed by atoms with van der Waals surface area (Å²) in [6.07, 6.45) is 2.36. The average molecular weight is 255 g/mol. The van der Waals surface area contributed by atoms with E-state index in [1.165, 1.54) is 18.5 Å². The highest BCUT2D eigenvalue weighted by Crippen LogP contribution is 2.19. The van der Waals surface area contributed by atoms with E-state index in [0.717, 1.165) is 18.7 Å². The van der Waals surface area contributed by atoms with Crippen LogP contribution in [0.3, 0.4) is 0 Å². The predicted octanol–water partition coefficient (Wildman–Crippen LogP) is 4.20. The Labute approximate surface area is 115 Å². The van der Waals surface area contributed by atoms with E-state index >= 15 is 0 Å². The third-order valence-corrected chi connectivity index (χ3v) is 3.19. The van der Waals surface area contributed by atoms with E-state index in [-0.39, 0.29) is 0 Å². The maximum absolute atomic E-state index is 9.55. The first kappa shape index (κ1) is 13.5. The molecule has 0 bridgehead atoms. The minimum Gasteiger partial charge on any atom is -0.508 e. The Hall–Kier alpha value is -1.96. The van der Waals surface area contributed by atoms with E-state index in [4.69, 9.17) is 0 Å². The highest BCUT2D eigenvalue weighted by Gasteiger charge is 2.06. The van der Waals surface area contributed by atoms with Crippen molar-refractivity contribution >= 4 is 5.69 Å². The SMILES string of the molecule is CCCCN(Cc1cccc(O)c1)c1ccccc1. The number of rotatable bonds is 6. The second-order valence-electron chi connectivity index (χ2n) is 4.78. The van der Waals surface area contributed by atoms with Crippen molar-refractivity contribution in [3.8, 4) is 5.75 Å². The molecule has 0 fully saturated rings. The summed E-state index contributed by atoms with van der Waals surface area (Å²) < 4.78 is 0. The molecule has 0 saturated carbocycles. The van der Waals surface area contributed by atoms with Gasteiger partial charge in [-0.1, -0.05) is 43.7 Å². The molecule has 1 N–H and O–H groups in total. The largest absolute Gasteiger partial charge is 0.508 e. The molecule has 0 atom stereocenters. The molecule has 2 aromatic carbocycles. The molecule has 0 amide bonds. The van der Waals surface area contributed by atoms with Crippen LogP contribution in [0.2, 0.25) is 0 Å². The van der Waals surface area contributed by atoms with Crippen LogP contribution in [0.4, 0.5) is 5.69 Å². The molecular formula is C17H21NO. The number of phenolic OH excluding ortho intramolecular Hbond substituents is 1. The standard InChI is InChI=1S/C17H21NO/c1-2-3-12-18(16-9-5-4-6-10-16)14-15-8-7-11-17(19)13-15/h4-11,13,19H,2-3,12,14H2,1H3. The zero-order chi connectivity index (χ0) is 13.5. The van der Waals surface area contributed by atoms with Crippen LogP contribution >= 0.6 is 0 Å². The van der Waals surface area contributed by atoms with Gasteiger partial charge in [-0.05, 0) is 36.2 Å². The van der Waals surface area contributed by atoms with Gasteiger partial charge in [-0.3, -0.25) is 0 Å². The van der Waals surface area contributed by atoms with Crippen LogP contribution in [0.5, 0.6) is 5.75 Å². The monoisotopic (exact) mass is 255 g/mol. The van der Waals surface area contributed by atoms with Crippen molar-refractivity contribution in [3.05, 3.63) is 60.2 Å². The number of nitrogens with zero attached hydrogens (tertiary/aromatic N) is 1. The zero-order valence-corrected chi connectivity index (χ0v) is 11.4. The van der Waals surface area contributed by atoms with Crippen molar-refractivity contribution < 1.29 is 5.11 Å². The summed E-state index contributed by atoms with van der Waals surface area (Å²) in [7, 11) is 0. The van der Waals surface area contributed by atoms with Crippen LogP contribution < -0.4 is 4.90 Å². The normalized spacial score (nSPS) is 10.4. The third-order valence-electron chi connectivity index (χ3n) is 3.19. The number of benzene rings is 2. The Morgan fingerprint density at radius 2 is 1.79 bits per heavy atom. The van der Waals surface area contributed by atoms with Crippen LogP contribution in [0, 0.1) is 0 Å². The number of unbranched alkanes of at least 4 members (excludes halogenated alkanes) is 1. The number of anilines is 1. The van der Waals surface area contributed by atoms with E-state index in [1.54, 1.807) is 6.07 Å². The number of hydrogen-bond acceptors (Lipinski definition) is 2. The van der Waals surface area contributed by atoms with Crippen LogP contribution in [-0.2, 0) is 6.54 Å². The van der Waals surface area contributed by atoms with Crippen LogP contribution in [0.25, 0.3) is 0 Å². The molecule has 0 unspecified atom stereocenters. The Bertz CT molecular complexity index is 496. The minimum absolute atomic E-state index is 0.334. The minimum atomic E-state index is 0.334. The van der Waals surface area contributed by atoms with Crippen LogP contribution in [0.15, 0.2) is 54.6 Å². The number of hydrogen-bond donors (Lipinski definition) is 1. The summed E-state index contributed by atoms with van der Waals surface area (Å²) in [5, 5.41) is 9.55. The van der Waals surface area contributed by atoms with Gasteiger partial charge in [0, 0.05) is 18.8 Å². The Morgan fingerprint density at radius 1 is 1.00 bits per heavy atom. The molecule has 0 saturated heterocycles. The first-order chi connectivity index (χ1) is 9.29. The number of para-hydroxylation sites is 1. The van der Waals surface area contributed by atoms with Gasteiger partial charge in [-0.15, -0.1) is 0 Å². The van der Waals surface area contributed by atoms with Crippen molar-refractivity contribution in [3.63, 3.8) is 0 Å². The lowest BCUT2D eigenvalue weighted by molar-refractivity contribution is 0.474. The van der Waals surface area contributed by atoms with Crippen molar-refractivity contribution in [2.24, 2.45) is 0 Å². The van der Waals surface area contributed by atoms with E-state index in [1.807, 2.05) is 18.2 Å². The lowest BCUT2D eigenvalue weighted by atomic mass is 10.1. The van der Waals surface area contributed by atoms with Crippen LogP contribution in [-0.4, -0.2) is 11.7 Å². The molecule has 19 heavy (non-hydrogen) atoms. The summed E-state index contributed by atoms with van der Waals surface area (Å²) in [6, 6.07) is 17.9. The third kappa shape index (κ3) is 4.02. The lowest BCUT2D eigenvalue weighted by Crippen LogP contribution is -2.23. The molecule has 0 spiro atoms. The summed E-state index contributed by atoms with van der Waals surface area (Å²) in [6.45, 7) is 4.08. The highest BCUT2D eigenvalue weighted by molar-refractivity contribution is 5.47. The summed E-state index contributed by atoms with van der Waals surface area (Å²) >= 11 is 0. The van der Waals surface area contributed by atoms with Crippen molar-refractivity contribution in [1.29, 1.82) is 0 Å². The van der Waals surface area contributed by atoms with Gasteiger partial charge >= 0.3 is 0 Å². The molecule has 0 aliphatic heterocycles. The fourth-order valence-corrected chi connectivity index (χ4v) is 2.16. The van der Waals surface area contributed by atoms with E-state index < -0.39 is 0 Å². The molecule has 0 aromatic heterocycles. The highest BCUT2D eigenvalue weighted by atomic mass is 16.3. The van der Waals surface area contributed by atoms with E-state index in [0.29, 0.717) is 5.75 Å². The first-order valence-corrected chi connectivity index (χ1v) is 6.87. The maximum Gasteiger partial charge on any atom is 0.115 e. The predicted molar refractivity (Wildman–Crippen MR) is 80.5 cm³/mol. The Kier molecular flexibility index (Phi) is 4.85. The van der Waals surface area contributed by atoms with Crippen molar-refractivity contribution in [2.75, 3.05) is 11.4 Å². The topological polar surface area (TPSA) is 23.5 Å². The molecule has 2 aromatic rings. The first-order valence-electron chi connectivity index (χ1n) is 6.87. The molecule has 0 aliphatic carbocycles. The molecule has 2 heteroatoms. The van der Waals surface area contributed by atoms with Crippen molar-refractivity contribution in [1.82, 2.24) is 0 Å². The van der Waals surface area contributed by atoms with Crippen LogP contribution in [0.1, 0.15) is 25.3 Å². The summed E-state index contributed by atoms with van der Waals surface area (Å²) in [4.78, 5) is 2.36. The average Bonchev–Trinajstić information content (AvgIpc) is 2.44. The van der Waals surface area contributed by atoms with Crippen molar-refractivity contribution in [2.45, 2.75) is 26.3 Å². The fraction of sp³-hybridized carbons (Fsp3) is 0.294. The number of aromatic hydroxyl groups is 1. The Balaban J connectivity index is 2.14. The quantitative estimate of drug-likeness (QED) is 0.836. The molecule has 0 aliphatic rings. The Morgan fingerprint density at radius 3 is 2.47 bits per heavy atom.